The molecule has 0 aromatic rings. The van der Waals surface area contributed by atoms with E-state index >= 15 is 0 Å². The molecule has 0 aliphatic carbocycles. The third kappa shape index (κ3) is 4.11. The topological polar surface area (TPSA) is 20.3 Å². The van der Waals surface area contributed by atoms with Gasteiger partial charge in [-0.15, -0.1) is 0 Å². The average Bonchev–Trinajstić information content (AvgIpc) is 2.05. The van der Waals surface area contributed by atoms with Gasteiger partial charge in [-0.1, -0.05) is 33.8 Å². The van der Waals surface area contributed by atoms with Gasteiger partial charge in [-0.05, 0) is 18.0 Å². The Morgan fingerprint density at radius 2 is 2.08 bits per heavy atom. The summed E-state index contributed by atoms with van der Waals surface area (Å²) < 4.78 is 0. The first-order valence-electron chi connectivity index (χ1n) is 4.92. The zero-order valence-electron chi connectivity index (χ0n) is 9.21. The monoisotopic (exact) mass is 183 g/mol. The van der Waals surface area contributed by atoms with E-state index in [1.54, 1.807) is 18.0 Å². The molecule has 0 aromatic heterocycles. The molecule has 0 fully saturated rings. The highest BCUT2D eigenvalue weighted by atomic mass is 16.2. The zero-order chi connectivity index (χ0) is 10.4. The highest BCUT2D eigenvalue weighted by Crippen LogP contribution is 2.16. The summed E-state index contributed by atoms with van der Waals surface area (Å²) in [6.07, 6.45) is 2.72. The van der Waals surface area contributed by atoms with Crippen LogP contribution in [0.25, 0.3) is 0 Å². The Kier molecular flexibility index (Phi) is 5.44. The van der Waals surface area contributed by atoms with Gasteiger partial charge in [-0.2, -0.15) is 0 Å². The summed E-state index contributed by atoms with van der Waals surface area (Å²) in [5.74, 6) is 1.27. The van der Waals surface area contributed by atoms with Crippen molar-refractivity contribution in [3.05, 3.63) is 12.8 Å². The maximum Gasteiger partial charge on any atom is 0.223 e. The van der Waals surface area contributed by atoms with Crippen LogP contribution in [0.1, 0.15) is 34.1 Å². The molecule has 1 unspecified atom stereocenters. The van der Waals surface area contributed by atoms with Gasteiger partial charge in [0.15, 0.2) is 0 Å². The first-order chi connectivity index (χ1) is 6.02. The van der Waals surface area contributed by atoms with E-state index in [9.17, 15) is 4.79 Å². The predicted octanol–water partition coefficient (Wildman–Crippen LogP) is 2.66. The second-order valence-electron chi connectivity index (χ2n) is 3.77. The minimum atomic E-state index is 0.0779. The van der Waals surface area contributed by atoms with E-state index in [4.69, 9.17) is 0 Å². The van der Waals surface area contributed by atoms with Crippen molar-refractivity contribution in [2.45, 2.75) is 34.1 Å². The van der Waals surface area contributed by atoms with Gasteiger partial charge >= 0.3 is 0 Å². The fraction of sp³-hybridized carbons (Fsp3) is 0.727. The maximum atomic E-state index is 11.1. The number of rotatable bonds is 5. The lowest BCUT2D eigenvalue weighted by Crippen LogP contribution is -2.30. The molecule has 13 heavy (non-hydrogen) atoms. The summed E-state index contributed by atoms with van der Waals surface area (Å²) >= 11 is 0. The molecule has 0 radical (unpaired) electrons. The van der Waals surface area contributed by atoms with Crippen LogP contribution in [0.4, 0.5) is 0 Å². The second-order valence-corrected chi connectivity index (χ2v) is 3.77. The Hall–Kier alpha value is -0.790. The van der Waals surface area contributed by atoms with Crippen molar-refractivity contribution >= 4 is 5.91 Å². The fourth-order valence-corrected chi connectivity index (χ4v) is 1.40. The van der Waals surface area contributed by atoms with Gasteiger partial charge < -0.3 is 4.90 Å². The Balaban J connectivity index is 4.19. The summed E-state index contributed by atoms with van der Waals surface area (Å²) in [5.41, 5.74) is 0. The first kappa shape index (κ1) is 12.2. The van der Waals surface area contributed by atoms with Crippen molar-refractivity contribution in [3.8, 4) is 0 Å². The molecular weight excluding hydrogens is 162 g/mol. The molecule has 0 rings (SSSR count). The van der Waals surface area contributed by atoms with Crippen LogP contribution < -0.4 is 0 Å². The number of nitrogens with zero attached hydrogens (tertiary/aromatic N) is 1. The molecule has 0 spiro atoms. The number of carbonyl (C=O) groups is 1. The van der Waals surface area contributed by atoms with Gasteiger partial charge in [0.1, 0.15) is 0 Å². The molecule has 1 atom stereocenters. The van der Waals surface area contributed by atoms with Crippen molar-refractivity contribution < 1.29 is 4.79 Å². The lowest BCUT2D eigenvalue weighted by atomic mass is 9.93. The SMILES string of the molecule is C=CN(CC(CC)C(C)C)C(C)=O. The predicted molar refractivity (Wildman–Crippen MR) is 56.2 cm³/mol. The summed E-state index contributed by atoms with van der Waals surface area (Å²) in [5, 5.41) is 0. The molecule has 0 N–H and O–H groups in total. The van der Waals surface area contributed by atoms with E-state index < -0.39 is 0 Å². The van der Waals surface area contributed by atoms with Crippen LogP contribution >= 0.6 is 0 Å². The van der Waals surface area contributed by atoms with E-state index in [0.717, 1.165) is 13.0 Å². The summed E-state index contributed by atoms with van der Waals surface area (Å²) in [6, 6.07) is 0. The minimum Gasteiger partial charge on any atom is -0.320 e. The van der Waals surface area contributed by atoms with Crippen LogP contribution in [0, 0.1) is 11.8 Å². The smallest absolute Gasteiger partial charge is 0.223 e. The Bertz CT molecular complexity index is 175. The van der Waals surface area contributed by atoms with Crippen molar-refractivity contribution in [2.75, 3.05) is 6.54 Å². The fourth-order valence-electron chi connectivity index (χ4n) is 1.40. The van der Waals surface area contributed by atoms with Crippen LogP contribution in [0.2, 0.25) is 0 Å². The summed E-state index contributed by atoms with van der Waals surface area (Å²) in [6.45, 7) is 12.5. The number of hydrogen-bond donors (Lipinski definition) is 0. The molecule has 1 amide bonds. The van der Waals surface area contributed by atoms with E-state index in [-0.39, 0.29) is 5.91 Å². The second kappa shape index (κ2) is 5.79. The van der Waals surface area contributed by atoms with Gasteiger partial charge in [0.2, 0.25) is 5.91 Å². The minimum absolute atomic E-state index is 0.0779. The molecule has 0 saturated carbocycles. The molecule has 76 valence electrons. The van der Waals surface area contributed by atoms with Crippen molar-refractivity contribution in [1.29, 1.82) is 0 Å². The van der Waals surface area contributed by atoms with E-state index in [1.165, 1.54) is 0 Å². The molecule has 2 nitrogen and oxygen atoms in total. The Labute approximate surface area is 81.6 Å². The number of hydrogen-bond acceptors (Lipinski definition) is 1. The molecule has 0 aliphatic rings. The summed E-state index contributed by atoms with van der Waals surface area (Å²) in [4.78, 5) is 12.8. The molecule has 2 heteroatoms. The number of amides is 1. The molecular formula is C11H21NO. The molecule has 0 aromatic carbocycles. The molecule has 0 aliphatic heterocycles. The largest absolute Gasteiger partial charge is 0.320 e. The zero-order valence-corrected chi connectivity index (χ0v) is 9.21. The highest BCUT2D eigenvalue weighted by molar-refractivity contribution is 5.74. The van der Waals surface area contributed by atoms with Gasteiger partial charge in [-0.25, -0.2) is 0 Å². The van der Waals surface area contributed by atoms with E-state index in [1.807, 2.05) is 0 Å². The van der Waals surface area contributed by atoms with E-state index in [0.29, 0.717) is 11.8 Å². The quantitative estimate of drug-likeness (QED) is 0.641. The lowest BCUT2D eigenvalue weighted by Gasteiger charge is -2.25. The van der Waals surface area contributed by atoms with Crippen LogP contribution in [-0.4, -0.2) is 17.4 Å². The molecule has 0 heterocycles. The molecule has 0 bridgehead atoms. The van der Waals surface area contributed by atoms with Crippen LogP contribution in [-0.2, 0) is 4.79 Å². The first-order valence-corrected chi connectivity index (χ1v) is 4.92. The van der Waals surface area contributed by atoms with Gasteiger partial charge in [0.05, 0.1) is 0 Å². The lowest BCUT2D eigenvalue weighted by molar-refractivity contribution is -0.127. The van der Waals surface area contributed by atoms with Crippen LogP contribution in [0.15, 0.2) is 12.8 Å². The van der Waals surface area contributed by atoms with E-state index in [2.05, 4.69) is 27.4 Å². The summed E-state index contributed by atoms with van der Waals surface area (Å²) in [7, 11) is 0. The van der Waals surface area contributed by atoms with Crippen molar-refractivity contribution in [3.63, 3.8) is 0 Å². The number of carbonyl (C=O) groups excluding carboxylic acids is 1. The standard InChI is InChI=1S/C11H21NO/c1-6-11(9(3)4)8-12(7-2)10(5)13/h7,9,11H,2,6,8H2,1,3-5H3. The van der Waals surface area contributed by atoms with Crippen molar-refractivity contribution in [2.24, 2.45) is 11.8 Å². The molecule has 0 saturated heterocycles. The third-order valence-corrected chi connectivity index (χ3v) is 2.52. The van der Waals surface area contributed by atoms with Gasteiger partial charge in [-0.3, -0.25) is 4.79 Å². The van der Waals surface area contributed by atoms with Crippen molar-refractivity contribution in [1.82, 2.24) is 4.90 Å². The van der Waals surface area contributed by atoms with Crippen LogP contribution in [0.5, 0.6) is 0 Å². The van der Waals surface area contributed by atoms with Gasteiger partial charge in [0, 0.05) is 13.5 Å². The highest BCUT2D eigenvalue weighted by Gasteiger charge is 2.15. The van der Waals surface area contributed by atoms with Gasteiger partial charge in [0.25, 0.3) is 0 Å². The average molecular weight is 183 g/mol. The Morgan fingerprint density at radius 3 is 2.31 bits per heavy atom. The maximum absolute atomic E-state index is 11.1. The van der Waals surface area contributed by atoms with Crippen LogP contribution in [0.3, 0.4) is 0 Å². The Morgan fingerprint density at radius 1 is 1.54 bits per heavy atom. The normalized spacial score (nSPS) is 12.7. The third-order valence-electron chi connectivity index (χ3n) is 2.52.